The first-order chi connectivity index (χ1) is 16.6. The molecule has 1 fully saturated rings. The van der Waals surface area contributed by atoms with Crippen LogP contribution in [-0.2, 0) is 0 Å². The molecule has 5 rings (SSSR count). The highest BCUT2D eigenvalue weighted by atomic mass is 35.5. The molecule has 0 aliphatic carbocycles. The molecule has 6 nitrogen and oxygen atoms in total. The monoisotopic (exact) mass is 467 g/mol. The molecule has 1 amide bonds. The number of benzene rings is 2. The van der Waals surface area contributed by atoms with Crippen LogP contribution in [0.5, 0.6) is 0 Å². The number of fused-ring (bicyclic) bond motifs is 1. The minimum atomic E-state index is -0.0165. The number of pyridine rings is 2. The molecule has 0 N–H and O–H groups in total. The van der Waals surface area contributed by atoms with Crippen LogP contribution in [0.2, 0.25) is 5.02 Å². The maximum absolute atomic E-state index is 13.8. The number of nitriles is 1. The van der Waals surface area contributed by atoms with Crippen molar-refractivity contribution in [2.24, 2.45) is 0 Å². The van der Waals surface area contributed by atoms with Gasteiger partial charge < -0.3 is 9.80 Å². The minimum absolute atomic E-state index is 0.0165. The number of para-hydroxylation sites is 1. The van der Waals surface area contributed by atoms with Gasteiger partial charge in [0.15, 0.2) is 0 Å². The second kappa shape index (κ2) is 9.50. The van der Waals surface area contributed by atoms with Gasteiger partial charge >= 0.3 is 0 Å². The Bertz CT molecular complexity index is 1400. The van der Waals surface area contributed by atoms with Crippen LogP contribution >= 0.6 is 11.6 Å². The van der Waals surface area contributed by atoms with E-state index in [-0.39, 0.29) is 5.91 Å². The number of carbonyl (C=O) groups excluding carboxylic acids is 1. The third-order valence-electron chi connectivity index (χ3n) is 6.08. The number of hydrogen-bond acceptors (Lipinski definition) is 5. The summed E-state index contributed by atoms with van der Waals surface area (Å²) in [5.74, 6) is 0.663. The van der Waals surface area contributed by atoms with Crippen molar-refractivity contribution in [1.82, 2.24) is 14.9 Å². The van der Waals surface area contributed by atoms with Crippen LogP contribution in [0.4, 0.5) is 5.82 Å². The molecule has 0 radical (unpaired) electrons. The molecule has 0 unspecified atom stereocenters. The number of anilines is 1. The highest BCUT2D eigenvalue weighted by Gasteiger charge is 2.24. The Kier molecular flexibility index (Phi) is 6.11. The predicted octanol–water partition coefficient (Wildman–Crippen LogP) is 5.17. The van der Waals surface area contributed by atoms with Gasteiger partial charge in [-0.05, 0) is 42.8 Å². The Hall–Kier alpha value is -3.95. The van der Waals surface area contributed by atoms with E-state index in [2.05, 4.69) is 16.0 Å². The third-order valence-corrected chi connectivity index (χ3v) is 6.33. The number of hydrogen-bond donors (Lipinski definition) is 0. The lowest BCUT2D eigenvalue weighted by Crippen LogP contribution is -2.35. The summed E-state index contributed by atoms with van der Waals surface area (Å²) in [5, 5.41) is 10.9. The summed E-state index contributed by atoms with van der Waals surface area (Å²) in [6, 6.07) is 22.8. The Morgan fingerprint density at radius 1 is 0.971 bits per heavy atom. The topological polar surface area (TPSA) is 73.1 Å². The summed E-state index contributed by atoms with van der Waals surface area (Å²) in [7, 11) is 0. The largest absolute Gasteiger partial charge is 0.354 e. The molecule has 1 aliphatic heterocycles. The van der Waals surface area contributed by atoms with Crippen LogP contribution in [0, 0.1) is 11.3 Å². The number of halogens is 1. The van der Waals surface area contributed by atoms with E-state index in [0.29, 0.717) is 41.6 Å². The maximum Gasteiger partial charge on any atom is 0.254 e. The first-order valence-corrected chi connectivity index (χ1v) is 11.6. The molecular formula is C27H22ClN5O. The van der Waals surface area contributed by atoms with E-state index >= 15 is 0 Å². The van der Waals surface area contributed by atoms with Gasteiger partial charge in [0.1, 0.15) is 11.9 Å². The Morgan fingerprint density at radius 2 is 1.79 bits per heavy atom. The predicted molar refractivity (Wildman–Crippen MR) is 134 cm³/mol. The summed E-state index contributed by atoms with van der Waals surface area (Å²) in [4.78, 5) is 27.0. The van der Waals surface area contributed by atoms with E-state index in [1.165, 1.54) is 0 Å². The zero-order valence-electron chi connectivity index (χ0n) is 18.5. The van der Waals surface area contributed by atoms with E-state index in [9.17, 15) is 10.1 Å². The fraction of sp³-hybridized carbons (Fsp3) is 0.185. The van der Waals surface area contributed by atoms with Crippen LogP contribution in [0.1, 0.15) is 22.3 Å². The molecule has 168 valence electrons. The van der Waals surface area contributed by atoms with Crippen LogP contribution in [0.15, 0.2) is 72.9 Å². The van der Waals surface area contributed by atoms with Crippen LogP contribution in [0.25, 0.3) is 22.2 Å². The van der Waals surface area contributed by atoms with Gasteiger partial charge in [0.2, 0.25) is 0 Å². The summed E-state index contributed by atoms with van der Waals surface area (Å²) in [6.45, 7) is 2.54. The van der Waals surface area contributed by atoms with Gasteiger partial charge in [-0.25, -0.2) is 9.97 Å². The number of aromatic nitrogens is 2. The van der Waals surface area contributed by atoms with E-state index in [1.54, 1.807) is 18.3 Å². The van der Waals surface area contributed by atoms with Crippen molar-refractivity contribution in [3.05, 3.63) is 89.1 Å². The number of nitrogens with zero attached hydrogens (tertiary/aromatic N) is 5. The van der Waals surface area contributed by atoms with Crippen molar-refractivity contribution < 1.29 is 4.79 Å². The lowest BCUT2D eigenvalue weighted by atomic mass is 10.0. The number of rotatable bonds is 3. The summed E-state index contributed by atoms with van der Waals surface area (Å²) in [5.41, 5.74) is 3.61. The van der Waals surface area contributed by atoms with Gasteiger partial charge in [0.25, 0.3) is 5.91 Å². The Labute approximate surface area is 203 Å². The van der Waals surface area contributed by atoms with Crippen molar-refractivity contribution in [1.29, 1.82) is 5.26 Å². The number of amides is 1. The van der Waals surface area contributed by atoms with Crippen LogP contribution < -0.4 is 4.90 Å². The fourth-order valence-electron chi connectivity index (χ4n) is 4.36. The van der Waals surface area contributed by atoms with Gasteiger partial charge in [-0.3, -0.25) is 4.79 Å². The first kappa shape index (κ1) is 21.9. The molecule has 1 saturated heterocycles. The average molecular weight is 468 g/mol. The fourth-order valence-corrected chi connectivity index (χ4v) is 4.49. The maximum atomic E-state index is 13.8. The first-order valence-electron chi connectivity index (χ1n) is 11.2. The molecule has 34 heavy (non-hydrogen) atoms. The summed E-state index contributed by atoms with van der Waals surface area (Å²) >= 11 is 6.06. The van der Waals surface area contributed by atoms with E-state index < -0.39 is 0 Å². The zero-order valence-corrected chi connectivity index (χ0v) is 19.2. The lowest BCUT2D eigenvalue weighted by Gasteiger charge is -2.24. The number of carbonyl (C=O) groups is 1. The highest BCUT2D eigenvalue weighted by Crippen LogP contribution is 2.27. The zero-order chi connectivity index (χ0) is 23.5. The van der Waals surface area contributed by atoms with E-state index in [1.807, 2.05) is 59.5 Å². The van der Waals surface area contributed by atoms with Crippen molar-refractivity contribution in [3.8, 4) is 17.3 Å². The van der Waals surface area contributed by atoms with Crippen molar-refractivity contribution in [2.45, 2.75) is 6.42 Å². The molecule has 0 atom stereocenters. The highest BCUT2D eigenvalue weighted by molar-refractivity contribution is 6.30. The van der Waals surface area contributed by atoms with E-state index in [0.717, 1.165) is 35.1 Å². The smallest absolute Gasteiger partial charge is 0.254 e. The normalized spacial score (nSPS) is 14.0. The van der Waals surface area contributed by atoms with Gasteiger partial charge in [-0.15, -0.1) is 0 Å². The Balaban J connectivity index is 1.46. The molecule has 4 aromatic rings. The van der Waals surface area contributed by atoms with Crippen molar-refractivity contribution in [2.75, 3.05) is 31.1 Å². The van der Waals surface area contributed by atoms with Gasteiger partial charge in [0.05, 0.1) is 22.3 Å². The van der Waals surface area contributed by atoms with Crippen molar-refractivity contribution in [3.63, 3.8) is 0 Å². The SMILES string of the molecule is N#Cc1cccnc1N1CCCN(C(=O)c2cc(-c3ccc(Cl)cc3)nc3ccccc23)CC1. The minimum Gasteiger partial charge on any atom is -0.354 e. The summed E-state index contributed by atoms with van der Waals surface area (Å²) in [6.07, 6.45) is 2.49. The second-order valence-corrected chi connectivity index (χ2v) is 8.63. The molecule has 3 heterocycles. The van der Waals surface area contributed by atoms with Gasteiger partial charge in [0, 0.05) is 48.3 Å². The second-order valence-electron chi connectivity index (χ2n) is 8.20. The molecule has 1 aliphatic rings. The Morgan fingerprint density at radius 3 is 2.62 bits per heavy atom. The van der Waals surface area contributed by atoms with Crippen molar-refractivity contribution >= 4 is 34.2 Å². The standard InChI is InChI=1S/C27H22ClN5O/c28-21-10-8-19(9-11-21)25-17-23(22-6-1-2-7-24(22)31-25)27(34)33-14-4-13-32(15-16-33)26-20(18-29)5-3-12-30-26/h1-3,5-12,17H,4,13-16H2. The van der Waals surface area contributed by atoms with Crippen LogP contribution in [-0.4, -0.2) is 47.0 Å². The molecular weight excluding hydrogens is 446 g/mol. The molecule has 0 bridgehead atoms. The summed E-state index contributed by atoms with van der Waals surface area (Å²) < 4.78 is 0. The molecule has 2 aromatic heterocycles. The lowest BCUT2D eigenvalue weighted by molar-refractivity contribution is 0.0769. The molecule has 2 aromatic carbocycles. The molecule has 7 heteroatoms. The van der Waals surface area contributed by atoms with Gasteiger partial charge in [-0.2, -0.15) is 5.26 Å². The molecule has 0 saturated carbocycles. The molecule has 0 spiro atoms. The van der Waals surface area contributed by atoms with E-state index in [4.69, 9.17) is 16.6 Å². The quantitative estimate of drug-likeness (QED) is 0.415. The third kappa shape index (κ3) is 4.30. The average Bonchev–Trinajstić information content (AvgIpc) is 3.14. The van der Waals surface area contributed by atoms with Crippen LogP contribution in [0.3, 0.4) is 0 Å². The van der Waals surface area contributed by atoms with Gasteiger partial charge in [-0.1, -0.05) is 41.9 Å².